The molecule has 0 saturated heterocycles. The van der Waals surface area contributed by atoms with Crippen LogP contribution in [0.25, 0.3) is 0 Å². The van der Waals surface area contributed by atoms with Crippen molar-refractivity contribution < 1.29 is 23.8 Å². The highest BCUT2D eigenvalue weighted by molar-refractivity contribution is 6.36. The summed E-state index contributed by atoms with van der Waals surface area (Å²) in [5.74, 6) is -2.04. The van der Waals surface area contributed by atoms with Gasteiger partial charge in [0.05, 0.1) is 39.1 Å². The predicted molar refractivity (Wildman–Crippen MR) is 82.9 cm³/mol. The van der Waals surface area contributed by atoms with E-state index in [1.807, 2.05) is 0 Å². The molecule has 1 aromatic rings. The number of hydrogen-bond acceptors (Lipinski definition) is 5. The molecule has 1 rings (SSSR count). The van der Waals surface area contributed by atoms with Gasteiger partial charge in [-0.2, -0.15) is 0 Å². The zero-order valence-corrected chi connectivity index (χ0v) is 13.9. The van der Waals surface area contributed by atoms with E-state index >= 15 is 0 Å². The summed E-state index contributed by atoms with van der Waals surface area (Å²) < 4.78 is 14.3. The molecule has 0 N–H and O–H groups in total. The van der Waals surface area contributed by atoms with Crippen molar-refractivity contribution in [1.82, 2.24) is 0 Å². The highest BCUT2D eigenvalue weighted by Crippen LogP contribution is 2.36. The van der Waals surface area contributed by atoms with Crippen molar-refractivity contribution in [3.05, 3.63) is 45.6 Å². The summed E-state index contributed by atoms with van der Waals surface area (Å²) in [7, 11) is 3.87. The van der Waals surface area contributed by atoms with Crippen molar-refractivity contribution in [1.29, 1.82) is 0 Å². The van der Waals surface area contributed by atoms with Crippen LogP contribution in [0.4, 0.5) is 0 Å². The molecule has 1 atom stereocenters. The molecule has 120 valence electrons. The maximum Gasteiger partial charge on any atom is 0.336 e. The maximum absolute atomic E-state index is 12.1. The lowest BCUT2D eigenvalue weighted by Crippen LogP contribution is -2.19. The number of benzene rings is 1. The topological polar surface area (TPSA) is 61.8 Å². The van der Waals surface area contributed by atoms with Crippen molar-refractivity contribution in [3.63, 3.8) is 0 Å². The van der Waals surface area contributed by atoms with Gasteiger partial charge in [0.1, 0.15) is 0 Å². The van der Waals surface area contributed by atoms with E-state index in [0.29, 0.717) is 15.6 Å². The minimum absolute atomic E-state index is 0.0172. The second-order valence-corrected chi connectivity index (χ2v) is 5.10. The van der Waals surface area contributed by atoms with E-state index in [0.717, 1.165) is 0 Å². The van der Waals surface area contributed by atoms with Crippen LogP contribution in [0.5, 0.6) is 0 Å². The Balaban J connectivity index is 3.27. The largest absolute Gasteiger partial charge is 0.504 e. The Bertz CT molecular complexity index is 563. The van der Waals surface area contributed by atoms with Crippen molar-refractivity contribution in [2.75, 3.05) is 21.3 Å². The van der Waals surface area contributed by atoms with E-state index in [-0.39, 0.29) is 12.0 Å². The van der Waals surface area contributed by atoms with Crippen molar-refractivity contribution in [3.8, 4) is 0 Å². The first-order valence-electron chi connectivity index (χ1n) is 6.28. The van der Waals surface area contributed by atoms with Gasteiger partial charge in [-0.15, -0.1) is 0 Å². The quantitative estimate of drug-likeness (QED) is 0.449. The van der Waals surface area contributed by atoms with Crippen molar-refractivity contribution in [2.24, 2.45) is 0 Å². The summed E-state index contributed by atoms with van der Waals surface area (Å²) in [6.45, 7) is 0. The number of hydrogen-bond donors (Lipinski definition) is 0. The van der Waals surface area contributed by atoms with Crippen LogP contribution in [0.2, 0.25) is 10.0 Å². The summed E-state index contributed by atoms with van der Waals surface area (Å²) in [5.41, 5.74) is 0.556. The maximum atomic E-state index is 12.1. The first-order chi connectivity index (χ1) is 10.5. The van der Waals surface area contributed by atoms with Crippen LogP contribution in [0.15, 0.2) is 30.0 Å². The Hall–Kier alpha value is -1.72. The Morgan fingerprint density at radius 3 is 2.18 bits per heavy atom. The number of carbonyl (C=O) groups excluding carboxylic acids is 2. The predicted octanol–water partition coefficient (Wildman–Crippen LogP) is 3.34. The molecule has 7 heteroatoms. The first-order valence-corrected chi connectivity index (χ1v) is 7.03. The fourth-order valence-electron chi connectivity index (χ4n) is 1.96. The second kappa shape index (κ2) is 8.66. The summed E-state index contributed by atoms with van der Waals surface area (Å²) >= 11 is 12.3. The average Bonchev–Trinajstić information content (AvgIpc) is 2.51. The lowest BCUT2D eigenvalue weighted by molar-refractivity contribution is -0.142. The standard InChI is InChI=1S/C15H16Cl2O5/c1-20-8-9(14(18)21-2)7-10(15(19)22-3)13-11(16)5-4-6-12(13)17/h4-6,8,10H,7H2,1-3H3. The van der Waals surface area contributed by atoms with Crippen LogP contribution >= 0.6 is 23.2 Å². The molecule has 0 aliphatic carbocycles. The minimum atomic E-state index is -0.855. The Labute approximate surface area is 138 Å². The smallest absolute Gasteiger partial charge is 0.336 e. The normalized spacial score (nSPS) is 12.5. The highest BCUT2D eigenvalue weighted by Gasteiger charge is 2.29. The molecule has 0 radical (unpaired) electrons. The number of ether oxygens (including phenoxy) is 3. The Morgan fingerprint density at radius 2 is 1.73 bits per heavy atom. The van der Waals surface area contributed by atoms with Crippen LogP contribution in [0.1, 0.15) is 17.9 Å². The Kier molecular flexibility index (Phi) is 7.21. The zero-order chi connectivity index (χ0) is 16.7. The summed E-state index contributed by atoms with van der Waals surface area (Å²) in [6.07, 6.45) is 1.20. The third kappa shape index (κ3) is 4.39. The van der Waals surface area contributed by atoms with E-state index in [1.54, 1.807) is 18.2 Å². The fraction of sp³-hybridized carbons (Fsp3) is 0.333. The van der Waals surface area contributed by atoms with Gasteiger partial charge in [-0.25, -0.2) is 4.79 Å². The number of esters is 2. The van der Waals surface area contributed by atoms with Crippen LogP contribution in [0, 0.1) is 0 Å². The van der Waals surface area contributed by atoms with Gasteiger partial charge in [-0.3, -0.25) is 4.79 Å². The highest BCUT2D eigenvalue weighted by atomic mass is 35.5. The van der Waals surface area contributed by atoms with E-state index in [4.69, 9.17) is 32.7 Å². The van der Waals surface area contributed by atoms with Gasteiger partial charge in [0.25, 0.3) is 0 Å². The van der Waals surface area contributed by atoms with E-state index in [2.05, 4.69) is 4.74 Å². The fourth-order valence-corrected chi connectivity index (χ4v) is 2.62. The van der Waals surface area contributed by atoms with E-state index < -0.39 is 17.9 Å². The van der Waals surface area contributed by atoms with Crippen molar-refractivity contribution >= 4 is 35.1 Å². The van der Waals surface area contributed by atoms with Crippen LogP contribution in [-0.2, 0) is 23.8 Å². The summed E-state index contributed by atoms with van der Waals surface area (Å²) in [5, 5.41) is 0.620. The van der Waals surface area contributed by atoms with Crippen molar-refractivity contribution in [2.45, 2.75) is 12.3 Å². The number of rotatable bonds is 6. The average molecular weight is 347 g/mol. The molecule has 0 fully saturated rings. The van der Waals surface area contributed by atoms with Crippen LogP contribution in [0.3, 0.4) is 0 Å². The molecule has 0 heterocycles. The molecule has 0 aliphatic rings. The van der Waals surface area contributed by atoms with E-state index in [1.165, 1.54) is 27.6 Å². The van der Waals surface area contributed by atoms with Gasteiger partial charge in [0.2, 0.25) is 0 Å². The summed E-state index contributed by atoms with van der Waals surface area (Å²) in [6, 6.07) is 4.88. The van der Waals surface area contributed by atoms with E-state index in [9.17, 15) is 9.59 Å². The molecule has 5 nitrogen and oxygen atoms in total. The molecule has 22 heavy (non-hydrogen) atoms. The number of carbonyl (C=O) groups is 2. The van der Waals surface area contributed by atoms with Gasteiger partial charge >= 0.3 is 11.9 Å². The van der Waals surface area contributed by atoms with Gasteiger partial charge in [-0.1, -0.05) is 29.3 Å². The van der Waals surface area contributed by atoms with Gasteiger partial charge in [0, 0.05) is 22.0 Å². The SMILES string of the molecule is COC=C(CC(C(=O)OC)c1c(Cl)cccc1Cl)C(=O)OC. The molecule has 0 aromatic heterocycles. The lowest BCUT2D eigenvalue weighted by Gasteiger charge is -2.18. The lowest BCUT2D eigenvalue weighted by atomic mass is 9.92. The van der Waals surface area contributed by atoms with Gasteiger partial charge in [0.15, 0.2) is 0 Å². The molecular weight excluding hydrogens is 331 g/mol. The molecule has 1 unspecified atom stereocenters. The molecular formula is C15H16Cl2O5. The molecule has 0 aliphatic heterocycles. The first kappa shape index (κ1) is 18.3. The number of methoxy groups -OCH3 is 3. The van der Waals surface area contributed by atoms with Crippen LogP contribution in [-0.4, -0.2) is 33.3 Å². The van der Waals surface area contributed by atoms with Crippen LogP contribution < -0.4 is 0 Å². The molecule has 0 spiro atoms. The third-order valence-corrected chi connectivity index (χ3v) is 3.62. The second-order valence-electron chi connectivity index (χ2n) is 4.29. The molecule has 1 aromatic carbocycles. The third-order valence-electron chi connectivity index (χ3n) is 2.97. The number of halogens is 2. The van der Waals surface area contributed by atoms with Gasteiger partial charge in [-0.05, 0) is 12.1 Å². The zero-order valence-electron chi connectivity index (χ0n) is 12.4. The monoisotopic (exact) mass is 346 g/mol. The summed E-state index contributed by atoms with van der Waals surface area (Å²) in [4.78, 5) is 23.9. The Morgan fingerprint density at radius 1 is 1.14 bits per heavy atom. The molecule has 0 amide bonds. The molecule has 0 saturated carbocycles. The molecule has 0 bridgehead atoms. The minimum Gasteiger partial charge on any atom is -0.504 e. The van der Waals surface area contributed by atoms with Gasteiger partial charge < -0.3 is 14.2 Å².